The van der Waals surface area contributed by atoms with Crippen LogP contribution in [0.4, 0.5) is 15.9 Å². The number of rotatable bonds is 4. The highest BCUT2D eigenvalue weighted by Gasteiger charge is 2.22. The topological polar surface area (TPSA) is 61.4 Å². The number of nitrogens with zero attached hydrogens (tertiary/aromatic N) is 4. The van der Waals surface area contributed by atoms with E-state index in [4.69, 9.17) is 0 Å². The molecule has 1 N–H and O–H groups in total. The van der Waals surface area contributed by atoms with Crippen LogP contribution < -0.4 is 10.2 Å². The lowest BCUT2D eigenvalue weighted by Gasteiger charge is -2.35. The minimum Gasteiger partial charge on any atom is -0.353 e. The summed E-state index contributed by atoms with van der Waals surface area (Å²) in [6, 6.07) is 6.20. The first-order valence-electron chi connectivity index (χ1n) is 8.82. The minimum atomic E-state index is -0.422. The molecular weight excluding hydrogens is 365 g/mol. The first kappa shape index (κ1) is 17.8. The number of nitrogens with one attached hydrogen (secondary N) is 1. The summed E-state index contributed by atoms with van der Waals surface area (Å²) in [5.74, 6) is 0.343. The number of hydrogen-bond donors (Lipinski definition) is 1. The van der Waals surface area contributed by atoms with E-state index in [1.54, 1.807) is 35.9 Å². The van der Waals surface area contributed by atoms with Crippen molar-refractivity contribution in [3.8, 4) is 0 Å². The molecule has 0 spiro atoms. The molecule has 0 saturated carbocycles. The van der Waals surface area contributed by atoms with E-state index in [1.807, 2.05) is 0 Å². The number of aromatic nitrogens is 2. The van der Waals surface area contributed by atoms with E-state index in [-0.39, 0.29) is 18.1 Å². The Morgan fingerprint density at radius 2 is 2.00 bits per heavy atom. The Hall–Kier alpha value is -2.58. The van der Waals surface area contributed by atoms with Crippen LogP contribution in [-0.4, -0.2) is 53.5 Å². The number of para-hydroxylation sites is 1. The Morgan fingerprint density at radius 1 is 1.22 bits per heavy atom. The lowest BCUT2D eigenvalue weighted by atomic mass is 10.2. The standard InChI is InChI=1S/C19H20FN5OS/c1-13-11-27-19-17(13)18(21-12-22-19)25-8-6-24(7-9-25)10-16(26)23-15-5-3-2-4-14(15)20/h2-5,11-12H,6-10H2,1H3,(H,23,26). The molecule has 140 valence electrons. The van der Waals surface area contributed by atoms with E-state index >= 15 is 0 Å². The summed E-state index contributed by atoms with van der Waals surface area (Å²) in [4.78, 5) is 26.4. The third-order valence-electron chi connectivity index (χ3n) is 4.72. The zero-order chi connectivity index (χ0) is 18.8. The first-order valence-corrected chi connectivity index (χ1v) is 9.70. The van der Waals surface area contributed by atoms with Crippen molar-refractivity contribution in [2.24, 2.45) is 0 Å². The van der Waals surface area contributed by atoms with Crippen molar-refractivity contribution in [3.05, 3.63) is 47.4 Å². The Labute approximate surface area is 160 Å². The third kappa shape index (κ3) is 3.77. The van der Waals surface area contributed by atoms with Gasteiger partial charge in [0.25, 0.3) is 0 Å². The highest BCUT2D eigenvalue weighted by Crippen LogP contribution is 2.31. The predicted molar refractivity (Wildman–Crippen MR) is 106 cm³/mol. The Morgan fingerprint density at radius 3 is 2.78 bits per heavy atom. The molecule has 1 aliphatic rings. The van der Waals surface area contributed by atoms with Gasteiger partial charge < -0.3 is 10.2 Å². The number of benzene rings is 1. The van der Waals surface area contributed by atoms with Crippen molar-refractivity contribution in [3.63, 3.8) is 0 Å². The molecule has 4 rings (SSSR count). The van der Waals surface area contributed by atoms with Crippen LogP contribution in [0.15, 0.2) is 36.0 Å². The number of hydrogen-bond acceptors (Lipinski definition) is 6. The number of aryl methyl sites for hydroxylation is 1. The molecule has 1 aromatic carbocycles. The van der Waals surface area contributed by atoms with Crippen LogP contribution in [-0.2, 0) is 4.79 Å². The maximum absolute atomic E-state index is 13.7. The highest BCUT2D eigenvalue weighted by molar-refractivity contribution is 7.17. The SMILES string of the molecule is Cc1csc2ncnc(N3CCN(CC(=O)Nc4ccccc4F)CC3)c12. The van der Waals surface area contributed by atoms with Gasteiger partial charge in [0.05, 0.1) is 17.6 Å². The fourth-order valence-corrected chi connectivity index (χ4v) is 4.20. The molecule has 1 aliphatic heterocycles. The number of amides is 1. The van der Waals surface area contributed by atoms with Gasteiger partial charge in [-0.2, -0.15) is 0 Å². The maximum atomic E-state index is 13.7. The smallest absolute Gasteiger partial charge is 0.238 e. The summed E-state index contributed by atoms with van der Waals surface area (Å²) >= 11 is 1.63. The molecule has 6 nitrogen and oxygen atoms in total. The van der Waals surface area contributed by atoms with Gasteiger partial charge in [-0.05, 0) is 30.0 Å². The van der Waals surface area contributed by atoms with Crippen LogP contribution in [0.3, 0.4) is 0 Å². The zero-order valence-corrected chi connectivity index (χ0v) is 15.8. The normalized spacial score (nSPS) is 15.3. The summed E-state index contributed by atoms with van der Waals surface area (Å²) in [7, 11) is 0. The molecule has 3 heterocycles. The lowest BCUT2D eigenvalue weighted by Crippen LogP contribution is -2.49. The van der Waals surface area contributed by atoms with E-state index in [0.717, 1.165) is 42.2 Å². The molecule has 0 aliphatic carbocycles. The second-order valence-electron chi connectivity index (χ2n) is 6.59. The van der Waals surface area contributed by atoms with Gasteiger partial charge in [0.2, 0.25) is 5.91 Å². The van der Waals surface area contributed by atoms with Crippen molar-refractivity contribution >= 4 is 39.0 Å². The molecule has 0 bridgehead atoms. The fourth-order valence-electron chi connectivity index (χ4n) is 3.31. The molecule has 1 amide bonds. The minimum absolute atomic E-state index is 0.202. The van der Waals surface area contributed by atoms with Crippen LogP contribution in [0.25, 0.3) is 10.2 Å². The van der Waals surface area contributed by atoms with Crippen LogP contribution in [0.2, 0.25) is 0 Å². The van der Waals surface area contributed by atoms with E-state index in [9.17, 15) is 9.18 Å². The number of fused-ring (bicyclic) bond motifs is 1. The molecular formula is C19H20FN5OS. The van der Waals surface area contributed by atoms with Gasteiger partial charge in [-0.15, -0.1) is 11.3 Å². The molecule has 27 heavy (non-hydrogen) atoms. The molecule has 0 unspecified atom stereocenters. The number of anilines is 2. The van der Waals surface area contributed by atoms with Crippen molar-refractivity contribution in [2.75, 3.05) is 42.9 Å². The number of thiophene rings is 1. The van der Waals surface area contributed by atoms with E-state index in [2.05, 4.69) is 37.4 Å². The Kier molecular flexibility index (Phi) is 5.00. The summed E-state index contributed by atoms with van der Waals surface area (Å²) in [5, 5.41) is 5.86. The summed E-state index contributed by atoms with van der Waals surface area (Å²) < 4.78 is 13.7. The summed E-state index contributed by atoms with van der Waals surface area (Å²) in [5.41, 5.74) is 1.41. The first-order chi connectivity index (χ1) is 13.1. The molecule has 0 atom stereocenters. The molecule has 8 heteroatoms. The van der Waals surface area contributed by atoms with E-state index < -0.39 is 5.82 Å². The largest absolute Gasteiger partial charge is 0.353 e. The number of carbonyl (C=O) groups excluding carboxylic acids is 1. The highest BCUT2D eigenvalue weighted by atomic mass is 32.1. The molecule has 1 saturated heterocycles. The quantitative estimate of drug-likeness (QED) is 0.748. The summed E-state index contributed by atoms with van der Waals surface area (Å²) in [6.07, 6.45) is 1.61. The Balaban J connectivity index is 1.37. The molecule has 0 radical (unpaired) electrons. The maximum Gasteiger partial charge on any atom is 0.238 e. The van der Waals surface area contributed by atoms with Gasteiger partial charge in [-0.1, -0.05) is 12.1 Å². The van der Waals surface area contributed by atoms with Gasteiger partial charge in [-0.3, -0.25) is 9.69 Å². The van der Waals surface area contributed by atoms with Crippen LogP contribution in [0.1, 0.15) is 5.56 Å². The average Bonchev–Trinajstić information content (AvgIpc) is 3.06. The van der Waals surface area contributed by atoms with Gasteiger partial charge in [0, 0.05) is 26.2 Å². The van der Waals surface area contributed by atoms with Crippen LogP contribution in [0.5, 0.6) is 0 Å². The lowest BCUT2D eigenvalue weighted by molar-refractivity contribution is -0.117. The monoisotopic (exact) mass is 385 g/mol. The predicted octanol–water partition coefficient (Wildman–Crippen LogP) is 2.90. The van der Waals surface area contributed by atoms with E-state index in [0.29, 0.717) is 0 Å². The van der Waals surface area contributed by atoms with Crippen molar-refractivity contribution in [1.82, 2.24) is 14.9 Å². The second-order valence-corrected chi connectivity index (χ2v) is 7.45. The zero-order valence-electron chi connectivity index (χ0n) is 15.0. The average molecular weight is 385 g/mol. The van der Waals surface area contributed by atoms with Gasteiger partial charge >= 0.3 is 0 Å². The van der Waals surface area contributed by atoms with Gasteiger partial charge in [0.15, 0.2) is 0 Å². The Bertz CT molecular complexity index is 968. The third-order valence-corrected chi connectivity index (χ3v) is 5.73. The van der Waals surface area contributed by atoms with Gasteiger partial charge in [0.1, 0.15) is 22.8 Å². The van der Waals surface area contributed by atoms with Crippen molar-refractivity contribution < 1.29 is 9.18 Å². The van der Waals surface area contributed by atoms with E-state index in [1.165, 1.54) is 11.6 Å². The summed E-state index contributed by atoms with van der Waals surface area (Å²) in [6.45, 7) is 5.40. The van der Waals surface area contributed by atoms with Crippen LogP contribution in [0, 0.1) is 12.7 Å². The number of halogens is 1. The molecule has 2 aromatic heterocycles. The molecule has 3 aromatic rings. The number of piperazine rings is 1. The van der Waals surface area contributed by atoms with Crippen molar-refractivity contribution in [2.45, 2.75) is 6.92 Å². The fraction of sp³-hybridized carbons (Fsp3) is 0.316. The van der Waals surface area contributed by atoms with Crippen molar-refractivity contribution in [1.29, 1.82) is 0 Å². The van der Waals surface area contributed by atoms with Gasteiger partial charge in [-0.25, -0.2) is 14.4 Å². The van der Waals surface area contributed by atoms with Crippen LogP contribution >= 0.6 is 11.3 Å². The molecule has 1 fully saturated rings. The second kappa shape index (κ2) is 7.58. The number of carbonyl (C=O) groups is 1.